The number of carbonyl (C=O) groups is 1. The molecule has 0 bridgehead atoms. The second kappa shape index (κ2) is 12.2. The fourth-order valence-corrected chi connectivity index (χ4v) is 8.98. The van der Waals surface area contributed by atoms with E-state index >= 15 is 0 Å². The highest BCUT2D eigenvalue weighted by molar-refractivity contribution is 7.89. The van der Waals surface area contributed by atoms with E-state index in [4.69, 9.17) is 21.5 Å². The van der Waals surface area contributed by atoms with Gasteiger partial charge in [0.1, 0.15) is 11.3 Å². The Hall–Kier alpha value is -3.14. The van der Waals surface area contributed by atoms with Crippen molar-refractivity contribution in [2.24, 2.45) is 17.0 Å². The fraction of sp³-hybridized carbons (Fsp3) is 0.486. The van der Waals surface area contributed by atoms with E-state index in [1.54, 1.807) is 30.3 Å². The third-order valence-corrected chi connectivity index (χ3v) is 11.7. The summed E-state index contributed by atoms with van der Waals surface area (Å²) in [5.74, 6) is 0.868. The largest absolute Gasteiger partial charge is 0.493 e. The number of hydrogen-bond acceptors (Lipinski definition) is 6. The van der Waals surface area contributed by atoms with Crippen LogP contribution in [-0.2, 0) is 33.1 Å². The maximum Gasteiger partial charge on any atom is 0.329 e. The first-order valence-corrected chi connectivity index (χ1v) is 17.9. The minimum Gasteiger partial charge on any atom is -0.493 e. The van der Waals surface area contributed by atoms with Gasteiger partial charge >= 0.3 is 5.97 Å². The zero-order valence-corrected chi connectivity index (χ0v) is 27.5. The molecule has 0 radical (unpaired) electrons. The smallest absolute Gasteiger partial charge is 0.329 e. The molecule has 2 aromatic carbocycles. The standard InChI is InChI=1S/C35H42ClN3O5S/c1-22(21-44-31-11-16-38-30-8-3-5-23(2)32(30)31)17-25-18-24-9-10-28(45(37,42)43)20-29(24)34(25)12-14-35(15-13-34,33(40)41)39-27-7-4-6-26(36)19-27/h4,6-7,9-11,16,19-20,22-23,25,39H,3,5,8,12-15,17-18,21H2,1-2H3,(H,40,41)(H2,37,42,43)/t22-,23-,25+,34?,35?/m1/s1. The van der Waals surface area contributed by atoms with Crippen molar-refractivity contribution in [2.45, 2.75) is 93.4 Å². The van der Waals surface area contributed by atoms with Crippen LogP contribution in [0.25, 0.3) is 0 Å². The molecule has 240 valence electrons. The molecule has 10 heteroatoms. The van der Waals surface area contributed by atoms with Crippen LogP contribution in [0.2, 0.25) is 5.02 Å². The highest BCUT2D eigenvalue weighted by Crippen LogP contribution is 2.56. The average Bonchev–Trinajstić information content (AvgIpc) is 3.28. The third kappa shape index (κ3) is 6.19. The molecule has 1 fully saturated rings. The lowest BCUT2D eigenvalue weighted by Crippen LogP contribution is -2.53. The van der Waals surface area contributed by atoms with Gasteiger partial charge in [-0.15, -0.1) is 0 Å². The summed E-state index contributed by atoms with van der Waals surface area (Å²) in [6.07, 6.45) is 8.75. The lowest BCUT2D eigenvalue weighted by molar-refractivity contribution is -0.144. The Morgan fingerprint density at radius 1 is 1.18 bits per heavy atom. The number of sulfonamides is 1. The molecule has 0 amide bonds. The molecular formula is C35H42ClN3O5S. The topological polar surface area (TPSA) is 132 Å². The second-order valence-corrected chi connectivity index (χ2v) is 15.6. The number of nitrogens with two attached hydrogens (primary N) is 1. The SMILES string of the molecule is C[C@@H](COc1ccnc2c1[C@H](C)CCC2)C[C@H]1Cc2ccc(S(N)(=O)=O)cc2C12CCC(Nc1cccc(Cl)c1)(C(=O)O)CC2. The molecule has 6 rings (SSSR count). The van der Waals surface area contributed by atoms with Crippen molar-refractivity contribution in [3.63, 3.8) is 0 Å². The van der Waals surface area contributed by atoms with Crippen LogP contribution in [0.5, 0.6) is 5.75 Å². The predicted molar refractivity (Wildman–Crippen MR) is 175 cm³/mol. The van der Waals surface area contributed by atoms with E-state index in [0.29, 0.717) is 48.9 Å². The maximum absolute atomic E-state index is 12.8. The van der Waals surface area contributed by atoms with Gasteiger partial charge in [0.2, 0.25) is 10.0 Å². The summed E-state index contributed by atoms with van der Waals surface area (Å²) in [6, 6.07) is 14.3. The van der Waals surface area contributed by atoms with E-state index in [0.717, 1.165) is 54.7 Å². The Morgan fingerprint density at radius 2 is 1.96 bits per heavy atom. The molecule has 1 heterocycles. The van der Waals surface area contributed by atoms with Crippen molar-refractivity contribution < 1.29 is 23.1 Å². The van der Waals surface area contributed by atoms with Crippen LogP contribution in [0.15, 0.2) is 59.6 Å². The van der Waals surface area contributed by atoms with Gasteiger partial charge in [0.15, 0.2) is 0 Å². The number of halogens is 1. The van der Waals surface area contributed by atoms with Gasteiger partial charge in [-0.2, -0.15) is 0 Å². The van der Waals surface area contributed by atoms with E-state index in [1.165, 1.54) is 5.56 Å². The Labute approximate surface area is 270 Å². The number of aliphatic carboxylic acids is 1. The van der Waals surface area contributed by atoms with Crippen molar-refractivity contribution in [1.29, 1.82) is 0 Å². The summed E-state index contributed by atoms with van der Waals surface area (Å²) in [7, 11) is -3.90. The molecule has 4 N–H and O–H groups in total. The first-order chi connectivity index (χ1) is 21.4. The summed E-state index contributed by atoms with van der Waals surface area (Å²) < 4.78 is 31.2. The van der Waals surface area contributed by atoms with Crippen LogP contribution in [-0.4, -0.2) is 36.6 Å². The Bertz CT molecular complexity index is 1700. The molecular weight excluding hydrogens is 610 g/mol. The van der Waals surface area contributed by atoms with Gasteiger partial charge in [-0.05, 0) is 128 Å². The minimum atomic E-state index is -3.90. The van der Waals surface area contributed by atoms with Crippen LogP contribution in [0.1, 0.15) is 87.1 Å². The molecule has 8 nitrogen and oxygen atoms in total. The average molecular weight is 652 g/mol. The highest BCUT2D eigenvalue weighted by Gasteiger charge is 2.54. The van der Waals surface area contributed by atoms with Crippen LogP contribution in [0.3, 0.4) is 0 Å². The lowest BCUT2D eigenvalue weighted by Gasteiger charge is -2.47. The van der Waals surface area contributed by atoms with Crippen LogP contribution < -0.4 is 15.2 Å². The predicted octanol–water partition coefficient (Wildman–Crippen LogP) is 6.85. The summed E-state index contributed by atoms with van der Waals surface area (Å²) in [5.41, 5.74) is 3.62. The molecule has 0 unspecified atom stereocenters. The molecule has 3 aromatic rings. The Morgan fingerprint density at radius 3 is 2.67 bits per heavy atom. The number of fused-ring (bicyclic) bond motifs is 3. The van der Waals surface area contributed by atoms with Crippen molar-refractivity contribution >= 4 is 33.3 Å². The first kappa shape index (κ1) is 31.8. The number of primary sulfonamides is 1. The minimum absolute atomic E-state index is 0.0985. The normalized spacial score (nSPS) is 26.6. The molecule has 1 spiro atoms. The Balaban J connectivity index is 1.26. The van der Waals surface area contributed by atoms with Crippen molar-refractivity contribution in [2.75, 3.05) is 11.9 Å². The number of nitrogens with one attached hydrogen (secondary N) is 1. The zero-order chi connectivity index (χ0) is 32.0. The number of aryl methyl sites for hydroxylation is 1. The number of rotatable bonds is 9. The molecule has 0 aliphatic heterocycles. The van der Waals surface area contributed by atoms with Gasteiger partial charge in [0.25, 0.3) is 0 Å². The van der Waals surface area contributed by atoms with Crippen LogP contribution >= 0.6 is 11.6 Å². The van der Waals surface area contributed by atoms with Gasteiger partial charge in [-0.1, -0.05) is 37.6 Å². The van der Waals surface area contributed by atoms with Crippen LogP contribution in [0.4, 0.5) is 5.69 Å². The highest BCUT2D eigenvalue weighted by atomic mass is 35.5. The van der Waals surface area contributed by atoms with E-state index < -0.39 is 21.5 Å². The molecule has 1 saturated carbocycles. The Kier molecular flexibility index (Phi) is 8.65. The molecule has 45 heavy (non-hydrogen) atoms. The fourth-order valence-electron chi connectivity index (χ4n) is 8.25. The number of benzene rings is 2. The summed E-state index contributed by atoms with van der Waals surface area (Å²) in [4.78, 5) is 17.5. The first-order valence-electron chi connectivity index (χ1n) is 15.9. The van der Waals surface area contributed by atoms with E-state index in [2.05, 4.69) is 24.1 Å². The van der Waals surface area contributed by atoms with Gasteiger partial charge in [-0.25, -0.2) is 18.4 Å². The van der Waals surface area contributed by atoms with E-state index in [-0.39, 0.29) is 22.1 Å². The summed E-state index contributed by atoms with van der Waals surface area (Å²) >= 11 is 6.21. The maximum atomic E-state index is 12.8. The second-order valence-electron chi connectivity index (χ2n) is 13.6. The number of aromatic nitrogens is 1. The molecule has 3 aliphatic carbocycles. The van der Waals surface area contributed by atoms with Gasteiger partial charge < -0.3 is 15.2 Å². The van der Waals surface area contributed by atoms with E-state index in [1.807, 2.05) is 24.4 Å². The van der Waals surface area contributed by atoms with Crippen LogP contribution in [0, 0.1) is 11.8 Å². The molecule has 1 aromatic heterocycles. The number of hydrogen-bond donors (Lipinski definition) is 3. The number of pyridine rings is 1. The number of carboxylic acids is 1. The number of carboxylic acid groups (broad SMARTS) is 1. The molecule has 3 aliphatic rings. The zero-order valence-electron chi connectivity index (χ0n) is 25.9. The van der Waals surface area contributed by atoms with Gasteiger partial charge in [0, 0.05) is 28.2 Å². The lowest BCUT2D eigenvalue weighted by atomic mass is 9.59. The van der Waals surface area contributed by atoms with E-state index in [9.17, 15) is 18.3 Å². The number of anilines is 1. The quantitative estimate of drug-likeness (QED) is 0.231. The molecule has 3 atom stereocenters. The number of ether oxygens (including phenoxy) is 1. The van der Waals surface area contributed by atoms with Crippen molar-refractivity contribution in [1.82, 2.24) is 4.98 Å². The monoisotopic (exact) mass is 651 g/mol. The van der Waals surface area contributed by atoms with Gasteiger partial charge in [-0.3, -0.25) is 4.98 Å². The summed E-state index contributed by atoms with van der Waals surface area (Å²) in [5, 5.41) is 19.9. The van der Waals surface area contributed by atoms with Gasteiger partial charge in [0.05, 0.1) is 11.5 Å². The summed E-state index contributed by atoms with van der Waals surface area (Å²) in [6.45, 7) is 5.01. The molecule has 0 saturated heterocycles. The van der Waals surface area contributed by atoms with Crippen molar-refractivity contribution in [3.05, 3.63) is 82.1 Å². The van der Waals surface area contributed by atoms with Crippen molar-refractivity contribution in [3.8, 4) is 5.75 Å². The third-order valence-electron chi connectivity index (χ3n) is 10.6. The number of nitrogens with zero attached hydrogens (tertiary/aromatic N) is 1.